The molecule has 1 heterocycles. The quantitative estimate of drug-likeness (QED) is 0.787. The lowest BCUT2D eigenvalue weighted by molar-refractivity contribution is 0.159. The zero-order valence-electron chi connectivity index (χ0n) is 13.1. The summed E-state index contributed by atoms with van der Waals surface area (Å²) in [5, 5.41) is 3.93. The lowest BCUT2D eigenvalue weighted by Crippen LogP contribution is -2.45. The summed E-state index contributed by atoms with van der Waals surface area (Å²) < 4.78 is 14.6. The Morgan fingerprint density at radius 3 is 2.67 bits per heavy atom. The van der Waals surface area contributed by atoms with E-state index in [9.17, 15) is 4.39 Å². The molecule has 0 radical (unpaired) electrons. The average Bonchev–Trinajstić information content (AvgIpc) is 2.51. The second-order valence-electron chi connectivity index (χ2n) is 5.89. The van der Waals surface area contributed by atoms with Crippen LogP contribution in [0.25, 0.3) is 0 Å². The molecule has 2 rings (SSSR count). The molecule has 1 fully saturated rings. The van der Waals surface area contributed by atoms with Gasteiger partial charge in [-0.2, -0.15) is 0 Å². The number of halogens is 2. The number of hydrogen-bond donors (Lipinski definition) is 1. The van der Waals surface area contributed by atoms with E-state index in [4.69, 9.17) is 11.6 Å². The maximum Gasteiger partial charge on any atom is 0.132 e. The average molecular weight is 313 g/mol. The molecule has 0 spiro atoms. The van der Waals surface area contributed by atoms with Crippen molar-refractivity contribution in [2.75, 3.05) is 26.2 Å². The van der Waals surface area contributed by atoms with E-state index in [1.54, 1.807) is 6.07 Å². The Bertz CT molecular complexity index is 458. The lowest BCUT2D eigenvalue weighted by Gasteiger charge is -2.36. The summed E-state index contributed by atoms with van der Waals surface area (Å²) in [6.07, 6.45) is 4.47. The standard InChI is InChI=1S/C17H26ClFN2/c1-3-4-5-6-15(21-11-9-20-10-12-21)16-14(18)8-7-13(2)17(16)19/h7-8,15,20H,3-6,9-12H2,1-2H3/t15-/m1/s1. The molecule has 1 saturated heterocycles. The van der Waals surface area contributed by atoms with Crippen LogP contribution >= 0.6 is 11.6 Å². The summed E-state index contributed by atoms with van der Waals surface area (Å²) >= 11 is 6.35. The monoisotopic (exact) mass is 312 g/mol. The van der Waals surface area contributed by atoms with Gasteiger partial charge in [0.05, 0.1) is 0 Å². The highest BCUT2D eigenvalue weighted by Crippen LogP contribution is 2.35. The van der Waals surface area contributed by atoms with E-state index < -0.39 is 0 Å². The molecule has 1 aromatic rings. The molecule has 4 heteroatoms. The Morgan fingerprint density at radius 2 is 2.00 bits per heavy atom. The van der Waals surface area contributed by atoms with Gasteiger partial charge < -0.3 is 5.32 Å². The molecular formula is C17H26ClFN2. The number of unbranched alkanes of at least 4 members (excludes halogenated alkanes) is 2. The smallest absolute Gasteiger partial charge is 0.132 e. The van der Waals surface area contributed by atoms with E-state index in [2.05, 4.69) is 17.1 Å². The van der Waals surface area contributed by atoms with Crippen molar-refractivity contribution in [2.45, 2.75) is 45.6 Å². The Balaban J connectivity index is 2.27. The molecule has 1 aromatic carbocycles. The van der Waals surface area contributed by atoms with Gasteiger partial charge in [-0.15, -0.1) is 0 Å². The van der Waals surface area contributed by atoms with Gasteiger partial charge in [0.15, 0.2) is 0 Å². The molecule has 0 aliphatic carbocycles. The van der Waals surface area contributed by atoms with Crippen molar-refractivity contribution in [2.24, 2.45) is 0 Å². The van der Waals surface area contributed by atoms with Crippen LogP contribution in [-0.2, 0) is 0 Å². The fourth-order valence-electron chi connectivity index (χ4n) is 3.07. The summed E-state index contributed by atoms with van der Waals surface area (Å²) in [5.74, 6) is -0.123. The number of piperazine rings is 1. The van der Waals surface area contributed by atoms with Crippen molar-refractivity contribution in [3.05, 3.63) is 34.1 Å². The normalized spacial score (nSPS) is 17.9. The van der Waals surface area contributed by atoms with Crippen molar-refractivity contribution in [1.29, 1.82) is 0 Å². The van der Waals surface area contributed by atoms with Gasteiger partial charge in [-0.3, -0.25) is 4.90 Å². The van der Waals surface area contributed by atoms with Crippen molar-refractivity contribution < 1.29 is 4.39 Å². The molecule has 2 nitrogen and oxygen atoms in total. The van der Waals surface area contributed by atoms with Crippen LogP contribution in [0.1, 0.15) is 49.8 Å². The minimum Gasteiger partial charge on any atom is -0.314 e. The van der Waals surface area contributed by atoms with Crippen molar-refractivity contribution in [3.8, 4) is 0 Å². The number of aryl methyl sites for hydroxylation is 1. The van der Waals surface area contributed by atoms with Crippen molar-refractivity contribution >= 4 is 11.6 Å². The summed E-state index contributed by atoms with van der Waals surface area (Å²) in [6.45, 7) is 7.86. The van der Waals surface area contributed by atoms with Gasteiger partial charge in [0.1, 0.15) is 5.82 Å². The molecule has 0 bridgehead atoms. The van der Waals surface area contributed by atoms with E-state index in [0.29, 0.717) is 16.1 Å². The SMILES string of the molecule is CCCCC[C@H](c1c(Cl)ccc(C)c1F)N1CCNCC1. The Morgan fingerprint density at radius 1 is 1.29 bits per heavy atom. The Labute approximate surface area is 132 Å². The van der Waals surface area contributed by atoms with Gasteiger partial charge in [0.2, 0.25) is 0 Å². The van der Waals surface area contributed by atoms with Crippen LogP contribution in [0.2, 0.25) is 5.02 Å². The number of benzene rings is 1. The van der Waals surface area contributed by atoms with E-state index in [0.717, 1.165) is 39.0 Å². The number of hydrogen-bond acceptors (Lipinski definition) is 2. The molecule has 0 saturated carbocycles. The van der Waals surface area contributed by atoms with E-state index in [-0.39, 0.29) is 11.9 Å². The van der Waals surface area contributed by atoms with Gasteiger partial charge in [-0.1, -0.05) is 43.9 Å². The zero-order chi connectivity index (χ0) is 15.2. The van der Waals surface area contributed by atoms with Crippen LogP contribution in [0, 0.1) is 12.7 Å². The topological polar surface area (TPSA) is 15.3 Å². The van der Waals surface area contributed by atoms with Crippen LogP contribution < -0.4 is 5.32 Å². The predicted molar refractivity (Wildman–Crippen MR) is 87.5 cm³/mol. The van der Waals surface area contributed by atoms with E-state index in [1.807, 2.05) is 13.0 Å². The highest BCUT2D eigenvalue weighted by Gasteiger charge is 2.27. The Hall–Kier alpha value is -0.640. The summed E-state index contributed by atoms with van der Waals surface area (Å²) in [7, 11) is 0. The highest BCUT2D eigenvalue weighted by atomic mass is 35.5. The molecule has 0 unspecified atom stereocenters. The lowest BCUT2D eigenvalue weighted by atomic mass is 9.96. The van der Waals surface area contributed by atoms with Crippen LogP contribution in [0.4, 0.5) is 4.39 Å². The van der Waals surface area contributed by atoms with Gasteiger partial charge in [0.25, 0.3) is 0 Å². The van der Waals surface area contributed by atoms with Crippen LogP contribution in [0.3, 0.4) is 0 Å². The molecule has 1 atom stereocenters. The first-order valence-corrected chi connectivity index (χ1v) is 8.42. The van der Waals surface area contributed by atoms with E-state index in [1.165, 1.54) is 12.8 Å². The second kappa shape index (κ2) is 8.11. The van der Waals surface area contributed by atoms with Gasteiger partial charge in [0, 0.05) is 42.8 Å². The third kappa shape index (κ3) is 4.18. The third-order valence-corrected chi connectivity index (χ3v) is 4.66. The first-order chi connectivity index (χ1) is 10.1. The maximum atomic E-state index is 14.6. The van der Waals surface area contributed by atoms with Crippen molar-refractivity contribution in [1.82, 2.24) is 10.2 Å². The predicted octanol–water partition coefficient (Wildman–Crippen LogP) is 4.31. The fourth-order valence-corrected chi connectivity index (χ4v) is 3.35. The van der Waals surface area contributed by atoms with Gasteiger partial charge >= 0.3 is 0 Å². The Kier molecular flexibility index (Phi) is 6.46. The molecular weight excluding hydrogens is 287 g/mol. The van der Waals surface area contributed by atoms with Crippen LogP contribution in [-0.4, -0.2) is 31.1 Å². The third-order valence-electron chi connectivity index (χ3n) is 4.33. The molecule has 1 N–H and O–H groups in total. The zero-order valence-corrected chi connectivity index (χ0v) is 13.8. The minimum atomic E-state index is -0.123. The summed E-state index contributed by atoms with van der Waals surface area (Å²) in [5.41, 5.74) is 1.39. The molecule has 21 heavy (non-hydrogen) atoms. The number of nitrogens with zero attached hydrogens (tertiary/aromatic N) is 1. The largest absolute Gasteiger partial charge is 0.314 e. The first-order valence-electron chi connectivity index (χ1n) is 8.04. The van der Waals surface area contributed by atoms with Gasteiger partial charge in [-0.05, 0) is 25.0 Å². The van der Waals surface area contributed by atoms with Gasteiger partial charge in [-0.25, -0.2) is 4.39 Å². The van der Waals surface area contributed by atoms with E-state index >= 15 is 0 Å². The van der Waals surface area contributed by atoms with Crippen LogP contribution in [0.5, 0.6) is 0 Å². The molecule has 0 aromatic heterocycles. The molecule has 118 valence electrons. The molecule has 1 aliphatic heterocycles. The molecule has 1 aliphatic rings. The maximum absolute atomic E-state index is 14.6. The highest BCUT2D eigenvalue weighted by molar-refractivity contribution is 6.31. The second-order valence-corrected chi connectivity index (χ2v) is 6.30. The molecule has 0 amide bonds. The minimum absolute atomic E-state index is 0.103. The van der Waals surface area contributed by atoms with Crippen molar-refractivity contribution in [3.63, 3.8) is 0 Å². The van der Waals surface area contributed by atoms with Crippen LogP contribution in [0.15, 0.2) is 12.1 Å². The first kappa shape index (κ1) is 16.7. The number of nitrogens with one attached hydrogen (secondary N) is 1. The number of rotatable bonds is 6. The fraction of sp³-hybridized carbons (Fsp3) is 0.647. The summed E-state index contributed by atoms with van der Waals surface area (Å²) in [4.78, 5) is 2.38. The summed E-state index contributed by atoms with van der Waals surface area (Å²) in [6, 6.07) is 3.71.